The van der Waals surface area contributed by atoms with Crippen LogP contribution >= 0.6 is 11.3 Å². The maximum absolute atomic E-state index is 12.3. The van der Waals surface area contributed by atoms with Crippen molar-refractivity contribution in [2.24, 2.45) is 0 Å². The summed E-state index contributed by atoms with van der Waals surface area (Å²) in [6.45, 7) is 2.76. The zero-order chi connectivity index (χ0) is 14.6. The number of nitrogens with one attached hydrogen (secondary N) is 1. The summed E-state index contributed by atoms with van der Waals surface area (Å²) in [4.78, 5) is 15.5. The molecule has 3 nitrogen and oxygen atoms in total. The number of carbonyl (C=O) groups is 1. The van der Waals surface area contributed by atoms with E-state index in [-0.39, 0.29) is 11.4 Å². The highest BCUT2D eigenvalue weighted by Crippen LogP contribution is 2.30. The predicted octanol–water partition coefficient (Wildman–Crippen LogP) is 3.44. The van der Waals surface area contributed by atoms with Gasteiger partial charge in [-0.05, 0) is 50.9 Å². The van der Waals surface area contributed by atoms with Crippen LogP contribution in [-0.4, -0.2) is 37.0 Å². The number of hydrogen-bond acceptors (Lipinski definition) is 3. The van der Waals surface area contributed by atoms with E-state index in [1.54, 1.807) is 0 Å². The fourth-order valence-electron chi connectivity index (χ4n) is 3.10. The van der Waals surface area contributed by atoms with Crippen LogP contribution < -0.4 is 5.32 Å². The second-order valence-electron chi connectivity index (χ2n) is 6.15. The van der Waals surface area contributed by atoms with Crippen LogP contribution in [0, 0.1) is 6.92 Å². The highest BCUT2D eigenvalue weighted by molar-refractivity contribution is 7.12. The van der Waals surface area contributed by atoms with Gasteiger partial charge in [0.15, 0.2) is 0 Å². The van der Waals surface area contributed by atoms with Gasteiger partial charge in [-0.25, -0.2) is 0 Å². The smallest absolute Gasteiger partial charge is 0.261 e. The number of nitrogens with zero attached hydrogens (tertiary/aromatic N) is 1. The fourth-order valence-corrected chi connectivity index (χ4v) is 3.94. The lowest BCUT2D eigenvalue weighted by atomic mass is 9.88. The van der Waals surface area contributed by atoms with E-state index in [1.807, 2.05) is 18.4 Å². The van der Waals surface area contributed by atoms with Crippen molar-refractivity contribution in [1.82, 2.24) is 10.2 Å². The van der Waals surface area contributed by atoms with Crippen LogP contribution in [0.25, 0.3) is 0 Å². The summed E-state index contributed by atoms with van der Waals surface area (Å²) in [6.07, 6.45) is 7.56. The van der Waals surface area contributed by atoms with Gasteiger partial charge >= 0.3 is 0 Å². The van der Waals surface area contributed by atoms with Gasteiger partial charge in [0.25, 0.3) is 5.91 Å². The number of hydrogen-bond donors (Lipinski definition) is 1. The quantitative estimate of drug-likeness (QED) is 0.863. The van der Waals surface area contributed by atoms with Crippen molar-refractivity contribution in [3.8, 4) is 0 Å². The van der Waals surface area contributed by atoms with E-state index in [4.69, 9.17) is 0 Å². The van der Waals surface area contributed by atoms with E-state index in [0.717, 1.165) is 17.0 Å². The molecule has 0 radical (unpaired) electrons. The largest absolute Gasteiger partial charge is 0.349 e. The first kappa shape index (κ1) is 15.5. The third-order valence-corrected chi connectivity index (χ3v) is 5.64. The second kappa shape index (κ2) is 6.72. The van der Waals surface area contributed by atoms with E-state index in [9.17, 15) is 4.79 Å². The summed E-state index contributed by atoms with van der Waals surface area (Å²) in [7, 11) is 4.29. The van der Waals surface area contributed by atoms with Crippen molar-refractivity contribution in [1.29, 1.82) is 0 Å². The van der Waals surface area contributed by atoms with Crippen LogP contribution in [0.1, 0.15) is 53.8 Å². The molecule has 1 saturated carbocycles. The van der Waals surface area contributed by atoms with E-state index < -0.39 is 0 Å². The Labute approximate surface area is 126 Å². The van der Waals surface area contributed by atoms with Crippen molar-refractivity contribution in [3.63, 3.8) is 0 Å². The van der Waals surface area contributed by atoms with E-state index in [2.05, 4.69) is 24.3 Å². The fraction of sp³-hybridized carbons (Fsp3) is 0.688. The van der Waals surface area contributed by atoms with E-state index >= 15 is 0 Å². The Bertz CT molecular complexity index is 445. The van der Waals surface area contributed by atoms with Crippen molar-refractivity contribution in [2.75, 3.05) is 20.6 Å². The third-order valence-electron chi connectivity index (χ3n) is 4.63. The van der Waals surface area contributed by atoms with Gasteiger partial charge in [0.2, 0.25) is 0 Å². The average molecular weight is 294 g/mol. The molecule has 1 fully saturated rings. The van der Waals surface area contributed by atoms with Crippen molar-refractivity contribution in [3.05, 3.63) is 21.9 Å². The summed E-state index contributed by atoms with van der Waals surface area (Å²) in [5.41, 5.74) is 1.21. The Morgan fingerprint density at radius 1 is 1.30 bits per heavy atom. The van der Waals surface area contributed by atoms with Gasteiger partial charge in [-0.3, -0.25) is 4.79 Å². The van der Waals surface area contributed by atoms with Crippen LogP contribution in [0.15, 0.2) is 11.4 Å². The van der Waals surface area contributed by atoms with Crippen molar-refractivity contribution in [2.45, 2.75) is 51.0 Å². The van der Waals surface area contributed by atoms with Gasteiger partial charge in [0.1, 0.15) is 0 Å². The maximum Gasteiger partial charge on any atom is 0.261 e. The van der Waals surface area contributed by atoms with Crippen LogP contribution in [0.2, 0.25) is 0 Å². The first-order valence-electron chi connectivity index (χ1n) is 7.55. The Morgan fingerprint density at radius 3 is 2.45 bits per heavy atom. The molecule has 1 heterocycles. The molecule has 0 atom stereocenters. The first-order chi connectivity index (χ1) is 9.55. The topological polar surface area (TPSA) is 32.3 Å². The zero-order valence-corrected chi connectivity index (χ0v) is 13.7. The molecule has 0 saturated heterocycles. The Hall–Kier alpha value is -0.870. The first-order valence-corrected chi connectivity index (χ1v) is 8.43. The predicted molar refractivity (Wildman–Crippen MR) is 85.5 cm³/mol. The zero-order valence-electron chi connectivity index (χ0n) is 12.9. The van der Waals surface area contributed by atoms with Crippen LogP contribution in [0.4, 0.5) is 0 Å². The third kappa shape index (κ3) is 3.41. The minimum atomic E-state index is 0.0861. The molecule has 1 N–H and O–H groups in total. The summed E-state index contributed by atoms with van der Waals surface area (Å²) in [5.74, 6) is 0.0861. The molecule has 0 spiro atoms. The van der Waals surface area contributed by atoms with Gasteiger partial charge < -0.3 is 10.2 Å². The summed E-state index contributed by atoms with van der Waals surface area (Å²) >= 11 is 1.53. The molecule has 1 aliphatic carbocycles. The molecule has 2 rings (SSSR count). The van der Waals surface area contributed by atoms with Gasteiger partial charge in [-0.15, -0.1) is 11.3 Å². The van der Waals surface area contributed by atoms with Crippen molar-refractivity contribution < 1.29 is 4.79 Å². The molecule has 1 aliphatic rings. The molecule has 0 unspecified atom stereocenters. The molecule has 1 aromatic heterocycles. The summed E-state index contributed by atoms with van der Waals surface area (Å²) < 4.78 is 0. The second-order valence-corrected chi connectivity index (χ2v) is 7.06. The molecule has 0 aromatic carbocycles. The molecular formula is C16H26N2OS. The van der Waals surface area contributed by atoms with Gasteiger partial charge in [-0.2, -0.15) is 0 Å². The number of amides is 1. The van der Waals surface area contributed by atoms with Crippen LogP contribution in [-0.2, 0) is 0 Å². The maximum atomic E-state index is 12.3. The molecule has 112 valence electrons. The molecule has 1 amide bonds. The monoisotopic (exact) mass is 294 g/mol. The minimum Gasteiger partial charge on any atom is -0.349 e. The number of thiophene rings is 1. The number of aryl methyl sites for hydroxylation is 1. The highest BCUT2D eigenvalue weighted by Gasteiger charge is 2.33. The lowest BCUT2D eigenvalue weighted by molar-refractivity contribution is 0.0872. The molecular weight excluding hydrogens is 268 g/mol. The summed E-state index contributed by atoms with van der Waals surface area (Å²) in [6, 6.07) is 2.01. The number of carbonyl (C=O) groups excluding carboxylic acids is 1. The molecule has 0 aliphatic heterocycles. The normalized spacial score (nSPS) is 18.8. The van der Waals surface area contributed by atoms with Gasteiger partial charge in [-0.1, -0.05) is 25.7 Å². The SMILES string of the molecule is Cc1ccsc1C(=O)NCC1(N(C)C)CCCCCC1. The Kier molecular flexibility index (Phi) is 5.22. The number of likely N-dealkylation sites (N-methyl/N-ethyl adjacent to an activating group) is 1. The lowest BCUT2D eigenvalue weighted by Gasteiger charge is -2.39. The minimum absolute atomic E-state index is 0.0861. The molecule has 1 aromatic rings. The van der Waals surface area contributed by atoms with Crippen LogP contribution in [0.5, 0.6) is 0 Å². The van der Waals surface area contributed by atoms with E-state index in [1.165, 1.54) is 49.9 Å². The average Bonchev–Trinajstić information content (AvgIpc) is 2.71. The van der Waals surface area contributed by atoms with Gasteiger partial charge in [0, 0.05) is 12.1 Å². The molecule has 4 heteroatoms. The standard InChI is InChI=1S/C16H26N2OS/c1-13-8-11-20-14(13)15(19)17-12-16(18(2)3)9-6-4-5-7-10-16/h8,11H,4-7,9-10,12H2,1-3H3,(H,17,19). The van der Waals surface area contributed by atoms with Crippen molar-refractivity contribution >= 4 is 17.2 Å². The van der Waals surface area contributed by atoms with E-state index in [0.29, 0.717) is 0 Å². The Balaban J connectivity index is 2.02. The number of rotatable bonds is 4. The summed E-state index contributed by atoms with van der Waals surface area (Å²) in [5, 5.41) is 5.16. The Morgan fingerprint density at radius 2 is 1.95 bits per heavy atom. The lowest BCUT2D eigenvalue weighted by Crippen LogP contribution is -2.52. The highest BCUT2D eigenvalue weighted by atomic mass is 32.1. The van der Waals surface area contributed by atoms with Gasteiger partial charge in [0.05, 0.1) is 4.88 Å². The van der Waals surface area contributed by atoms with Crippen LogP contribution in [0.3, 0.4) is 0 Å². The molecule has 0 bridgehead atoms. The molecule has 20 heavy (non-hydrogen) atoms.